The maximum Gasteiger partial charge on any atom is 0.257 e. The Balaban J connectivity index is 1.55. The van der Waals surface area contributed by atoms with Crippen molar-refractivity contribution >= 4 is 35.2 Å². The van der Waals surface area contributed by atoms with Crippen molar-refractivity contribution in [1.82, 2.24) is 14.9 Å². The Morgan fingerprint density at radius 1 is 1.03 bits per heavy atom. The molecular formula is C22H24N4O3S. The summed E-state index contributed by atoms with van der Waals surface area (Å²) < 4.78 is 0. The van der Waals surface area contributed by atoms with E-state index in [0.717, 1.165) is 32.1 Å². The Bertz CT molecular complexity index is 903. The third-order valence-electron chi connectivity index (χ3n) is 5.60. The molecule has 2 aromatic rings. The summed E-state index contributed by atoms with van der Waals surface area (Å²) in [6.07, 6.45) is 8.22. The normalized spacial score (nSPS) is 19.9. The standard InChI is InChI=1S/C22H24N4O3S/c27-19-14-18(21(29)26(19)17-10-5-2-6-11-17)25(16-8-3-1-4-9-16)20(28)15-30-22-23-12-7-13-24-22/h2,5-7,10-13,16,18H,1,3-4,8-9,14-15H2. The van der Waals surface area contributed by atoms with Crippen LogP contribution in [0.5, 0.6) is 0 Å². The zero-order valence-corrected chi connectivity index (χ0v) is 17.5. The number of hydrogen-bond acceptors (Lipinski definition) is 6. The summed E-state index contributed by atoms with van der Waals surface area (Å²) >= 11 is 1.26. The lowest BCUT2D eigenvalue weighted by atomic mass is 9.92. The van der Waals surface area contributed by atoms with Gasteiger partial charge in [-0.05, 0) is 31.0 Å². The molecule has 7 nitrogen and oxygen atoms in total. The maximum atomic E-state index is 13.3. The molecule has 1 unspecified atom stereocenters. The predicted molar refractivity (Wildman–Crippen MR) is 114 cm³/mol. The molecule has 1 aliphatic carbocycles. The number of thioether (sulfide) groups is 1. The van der Waals surface area contributed by atoms with Gasteiger partial charge in [-0.15, -0.1) is 0 Å². The van der Waals surface area contributed by atoms with E-state index in [1.165, 1.54) is 16.7 Å². The molecule has 4 rings (SSSR count). The van der Waals surface area contributed by atoms with Gasteiger partial charge in [0.1, 0.15) is 6.04 Å². The van der Waals surface area contributed by atoms with E-state index >= 15 is 0 Å². The maximum absolute atomic E-state index is 13.3. The van der Waals surface area contributed by atoms with E-state index in [4.69, 9.17) is 0 Å². The molecule has 8 heteroatoms. The fourth-order valence-corrected chi connectivity index (χ4v) is 4.91. The van der Waals surface area contributed by atoms with E-state index in [1.807, 2.05) is 6.07 Å². The second-order valence-electron chi connectivity index (χ2n) is 7.54. The molecule has 1 atom stereocenters. The van der Waals surface area contributed by atoms with Crippen molar-refractivity contribution in [3.8, 4) is 0 Å². The van der Waals surface area contributed by atoms with Crippen molar-refractivity contribution in [2.45, 2.75) is 55.8 Å². The number of carbonyl (C=O) groups is 3. The number of benzene rings is 1. The number of rotatable bonds is 6. The van der Waals surface area contributed by atoms with Crippen LogP contribution in [0.2, 0.25) is 0 Å². The lowest BCUT2D eigenvalue weighted by Gasteiger charge is -2.37. The van der Waals surface area contributed by atoms with Crippen LogP contribution in [-0.2, 0) is 14.4 Å². The highest BCUT2D eigenvalue weighted by molar-refractivity contribution is 7.99. The Morgan fingerprint density at radius 2 is 1.73 bits per heavy atom. The first kappa shape index (κ1) is 20.5. The Labute approximate surface area is 179 Å². The zero-order valence-electron chi connectivity index (χ0n) is 16.6. The van der Waals surface area contributed by atoms with Gasteiger partial charge in [0, 0.05) is 18.4 Å². The third-order valence-corrected chi connectivity index (χ3v) is 6.46. The first-order valence-corrected chi connectivity index (χ1v) is 11.3. The van der Waals surface area contributed by atoms with Crippen molar-refractivity contribution in [2.75, 3.05) is 10.7 Å². The molecule has 0 bridgehead atoms. The molecule has 156 valence electrons. The minimum atomic E-state index is -0.745. The Morgan fingerprint density at radius 3 is 2.43 bits per heavy atom. The SMILES string of the molecule is O=C1CC(N(C(=O)CSc2ncccn2)C2CCCCC2)C(=O)N1c1ccccc1. The largest absolute Gasteiger partial charge is 0.326 e. The molecule has 2 aliphatic rings. The number of para-hydroxylation sites is 1. The molecule has 0 radical (unpaired) electrons. The van der Waals surface area contributed by atoms with Crippen molar-refractivity contribution in [3.05, 3.63) is 48.8 Å². The number of imide groups is 1. The van der Waals surface area contributed by atoms with Crippen molar-refractivity contribution in [3.63, 3.8) is 0 Å². The predicted octanol–water partition coefficient (Wildman–Crippen LogP) is 3.06. The van der Waals surface area contributed by atoms with Gasteiger partial charge in [0.25, 0.3) is 5.91 Å². The van der Waals surface area contributed by atoms with Crippen LogP contribution >= 0.6 is 11.8 Å². The molecule has 1 aromatic heterocycles. The Kier molecular flexibility index (Phi) is 6.42. The fraction of sp³-hybridized carbons (Fsp3) is 0.409. The molecule has 1 saturated carbocycles. The molecular weight excluding hydrogens is 400 g/mol. The van der Waals surface area contributed by atoms with Gasteiger partial charge >= 0.3 is 0 Å². The minimum absolute atomic E-state index is 0.0129. The highest BCUT2D eigenvalue weighted by Crippen LogP contribution is 2.31. The minimum Gasteiger partial charge on any atom is -0.326 e. The summed E-state index contributed by atoms with van der Waals surface area (Å²) in [7, 11) is 0. The van der Waals surface area contributed by atoms with Crippen molar-refractivity contribution in [1.29, 1.82) is 0 Å². The number of anilines is 1. The lowest BCUT2D eigenvalue weighted by molar-refractivity contribution is -0.139. The molecule has 0 N–H and O–H groups in total. The van der Waals surface area contributed by atoms with Gasteiger partial charge in [0.15, 0.2) is 5.16 Å². The van der Waals surface area contributed by atoms with Gasteiger partial charge in [-0.3, -0.25) is 14.4 Å². The summed E-state index contributed by atoms with van der Waals surface area (Å²) in [5, 5.41) is 0.522. The second-order valence-corrected chi connectivity index (χ2v) is 8.48. The summed E-state index contributed by atoms with van der Waals surface area (Å²) in [5.74, 6) is -0.570. The Hall–Kier alpha value is -2.74. The average molecular weight is 425 g/mol. The number of hydrogen-bond donors (Lipinski definition) is 0. The average Bonchev–Trinajstić information content (AvgIpc) is 3.08. The molecule has 1 saturated heterocycles. The van der Waals surface area contributed by atoms with E-state index < -0.39 is 6.04 Å². The van der Waals surface area contributed by atoms with Gasteiger partial charge in [-0.25, -0.2) is 14.9 Å². The molecule has 2 fully saturated rings. The van der Waals surface area contributed by atoms with Crippen molar-refractivity contribution in [2.24, 2.45) is 0 Å². The van der Waals surface area contributed by atoms with Crippen LogP contribution in [0.3, 0.4) is 0 Å². The first-order valence-electron chi connectivity index (χ1n) is 10.3. The van der Waals surface area contributed by atoms with Crippen LogP contribution in [0, 0.1) is 0 Å². The van der Waals surface area contributed by atoms with Gasteiger partial charge in [0.05, 0.1) is 17.9 Å². The summed E-state index contributed by atoms with van der Waals surface area (Å²) in [5.41, 5.74) is 0.554. The van der Waals surface area contributed by atoms with Gasteiger partial charge < -0.3 is 4.90 Å². The lowest BCUT2D eigenvalue weighted by Crippen LogP contribution is -2.52. The van der Waals surface area contributed by atoms with Gasteiger partial charge in [-0.2, -0.15) is 0 Å². The summed E-state index contributed by atoms with van der Waals surface area (Å²) in [4.78, 5) is 50.5. The van der Waals surface area contributed by atoms with Crippen LogP contribution in [0.4, 0.5) is 5.69 Å². The highest BCUT2D eigenvalue weighted by Gasteiger charge is 2.46. The number of carbonyl (C=O) groups excluding carboxylic acids is 3. The van der Waals surface area contributed by atoms with Gasteiger partial charge in [0.2, 0.25) is 11.8 Å². The summed E-state index contributed by atoms with van der Waals surface area (Å²) in [6.45, 7) is 0. The van der Waals surface area contributed by atoms with E-state index in [2.05, 4.69) is 9.97 Å². The molecule has 3 amide bonds. The van der Waals surface area contributed by atoms with E-state index in [-0.39, 0.29) is 35.9 Å². The smallest absolute Gasteiger partial charge is 0.257 e. The van der Waals surface area contributed by atoms with Crippen LogP contribution in [0.1, 0.15) is 38.5 Å². The summed E-state index contributed by atoms with van der Waals surface area (Å²) in [6, 6.07) is 9.88. The third kappa shape index (κ3) is 4.38. The molecule has 2 heterocycles. The van der Waals surface area contributed by atoms with Crippen LogP contribution in [0.25, 0.3) is 0 Å². The topological polar surface area (TPSA) is 83.5 Å². The highest BCUT2D eigenvalue weighted by atomic mass is 32.2. The van der Waals surface area contributed by atoms with E-state index in [0.29, 0.717) is 10.8 Å². The number of aromatic nitrogens is 2. The fourth-order valence-electron chi connectivity index (χ4n) is 4.23. The zero-order chi connectivity index (χ0) is 20.9. The monoisotopic (exact) mass is 424 g/mol. The van der Waals surface area contributed by atoms with Crippen LogP contribution < -0.4 is 4.90 Å². The number of nitrogens with zero attached hydrogens (tertiary/aromatic N) is 4. The van der Waals surface area contributed by atoms with Crippen LogP contribution in [-0.4, -0.2) is 50.4 Å². The van der Waals surface area contributed by atoms with E-state index in [1.54, 1.807) is 47.6 Å². The first-order chi connectivity index (χ1) is 14.6. The molecule has 30 heavy (non-hydrogen) atoms. The molecule has 0 spiro atoms. The quantitative estimate of drug-likeness (QED) is 0.403. The number of amides is 3. The van der Waals surface area contributed by atoms with Gasteiger partial charge in [-0.1, -0.05) is 49.2 Å². The molecule has 1 aromatic carbocycles. The van der Waals surface area contributed by atoms with E-state index in [9.17, 15) is 14.4 Å². The second kappa shape index (κ2) is 9.38. The van der Waals surface area contributed by atoms with Crippen LogP contribution in [0.15, 0.2) is 53.9 Å². The van der Waals surface area contributed by atoms with Crippen molar-refractivity contribution < 1.29 is 14.4 Å². The molecule has 1 aliphatic heterocycles.